The quantitative estimate of drug-likeness (QED) is 0.819. The summed E-state index contributed by atoms with van der Waals surface area (Å²) in [6.45, 7) is 2.06. The lowest BCUT2D eigenvalue weighted by molar-refractivity contribution is 0.463. The Balaban J connectivity index is 2.23. The molecule has 2 aromatic rings. The first kappa shape index (κ1) is 12.7. The second kappa shape index (κ2) is 5.74. The Morgan fingerprint density at radius 1 is 1.33 bits per heavy atom. The highest BCUT2D eigenvalue weighted by Gasteiger charge is 2.12. The lowest BCUT2D eigenvalue weighted by Crippen LogP contribution is -2.09. The van der Waals surface area contributed by atoms with E-state index in [0.29, 0.717) is 10.9 Å². The monoisotopic (exact) mass is 262 g/mol. The first-order valence-electron chi connectivity index (χ1n) is 5.86. The highest BCUT2D eigenvalue weighted by atomic mass is 35.5. The lowest BCUT2D eigenvalue weighted by Gasteiger charge is -2.19. The van der Waals surface area contributed by atoms with Gasteiger partial charge < -0.3 is 10.4 Å². The molecule has 1 aromatic heterocycles. The molecule has 4 heteroatoms. The molecule has 1 heterocycles. The zero-order chi connectivity index (χ0) is 13.0. The molecular weight excluding hydrogens is 248 g/mol. The second-order valence-corrected chi connectivity index (χ2v) is 4.42. The Morgan fingerprint density at radius 3 is 2.78 bits per heavy atom. The van der Waals surface area contributed by atoms with Crippen LogP contribution in [0, 0.1) is 0 Å². The summed E-state index contributed by atoms with van der Waals surface area (Å²) in [5.41, 5.74) is 1.78. The van der Waals surface area contributed by atoms with E-state index >= 15 is 0 Å². The average Bonchev–Trinajstić information content (AvgIpc) is 2.37. The molecule has 0 aliphatic carbocycles. The van der Waals surface area contributed by atoms with E-state index in [2.05, 4.69) is 17.2 Å². The van der Waals surface area contributed by atoms with Gasteiger partial charge in [0.25, 0.3) is 0 Å². The van der Waals surface area contributed by atoms with E-state index < -0.39 is 0 Å². The van der Waals surface area contributed by atoms with Crippen LogP contribution in [0.3, 0.4) is 0 Å². The number of aromatic hydroxyl groups is 1. The fourth-order valence-electron chi connectivity index (χ4n) is 1.88. The Kier molecular flexibility index (Phi) is 4.05. The molecule has 0 aliphatic rings. The van der Waals surface area contributed by atoms with E-state index in [1.165, 1.54) is 0 Å². The van der Waals surface area contributed by atoms with E-state index in [1.807, 2.05) is 24.3 Å². The van der Waals surface area contributed by atoms with Gasteiger partial charge in [-0.25, -0.2) is 4.98 Å². The fraction of sp³-hybridized carbons (Fsp3) is 0.214. The molecule has 1 unspecified atom stereocenters. The first-order chi connectivity index (χ1) is 8.70. The maximum Gasteiger partial charge on any atom is 0.131 e. The van der Waals surface area contributed by atoms with Crippen molar-refractivity contribution in [2.24, 2.45) is 0 Å². The number of para-hydroxylation sites is 1. The summed E-state index contributed by atoms with van der Waals surface area (Å²) in [6.07, 6.45) is 2.51. The van der Waals surface area contributed by atoms with Gasteiger partial charge in [-0.2, -0.15) is 0 Å². The number of nitrogens with one attached hydrogen (secondary N) is 1. The molecular formula is C14H15ClN2O. The molecule has 0 aliphatic heterocycles. The summed E-state index contributed by atoms with van der Waals surface area (Å²) in [7, 11) is 0. The Morgan fingerprint density at radius 2 is 2.11 bits per heavy atom. The standard InChI is InChI=1S/C14H15ClN2O/c1-2-12(11-5-3-4-6-13(11)18)17-10-7-8-16-14(15)9-10/h3-9,12,18H,2H2,1H3,(H,16,17). The van der Waals surface area contributed by atoms with Crippen molar-refractivity contribution in [2.45, 2.75) is 19.4 Å². The third-order valence-corrected chi connectivity index (χ3v) is 2.99. The van der Waals surface area contributed by atoms with Gasteiger partial charge >= 0.3 is 0 Å². The second-order valence-electron chi connectivity index (χ2n) is 4.03. The summed E-state index contributed by atoms with van der Waals surface area (Å²) in [5, 5.41) is 13.7. The number of benzene rings is 1. The minimum atomic E-state index is 0.0460. The van der Waals surface area contributed by atoms with E-state index in [1.54, 1.807) is 18.3 Å². The normalized spacial score (nSPS) is 12.1. The van der Waals surface area contributed by atoms with Gasteiger partial charge in [-0.05, 0) is 24.6 Å². The molecule has 1 aromatic carbocycles. The number of hydrogen-bond acceptors (Lipinski definition) is 3. The highest BCUT2D eigenvalue weighted by Crippen LogP contribution is 2.29. The van der Waals surface area contributed by atoms with Crippen LogP contribution in [0.15, 0.2) is 42.6 Å². The van der Waals surface area contributed by atoms with Crippen LogP contribution in [0.25, 0.3) is 0 Å². The van der Waals surface area contributed by atoms with Crippen molar-refractivity contribution in [1.29, 1.82) is 0 Å². The number of anilines is 1. The molecule has 0 bridgehead atoms. The molecule has 0 radical (unpaired) electrons. The molecule has 3 nitrogen and oxygen atoms in total. The summed E-state index contributed by atoms with van der Waals surface area (Å²) in [5.74, 6) is 0.303. The zero-order valence-electron chi connectivity index (χ0n) is 10.1. The maximum atomic E-state index is 9.87. The van der Waals surface area contributed by atoms with Crippen molar-refractivity contribution in [3.05, 3.63) is 53.3 Å². The fourth-order valence-corrected chi connectivity index (χ4v) is 2.05. The zero-order valence-corrected chi connectivity index (χ0v) is 10.9. The van der Waals surface area contributed by atoms with Crippen molar-refractivity contribution >= 4 is 17.3 Å². The Hall–Kier alpha value is -1.74. The smallest absolute Gasteiger partial charge is 0.131 e. The predicted octanol–water partition coefficient (Wildman–Crippen LogP) is 4.00. The molecule has 0 spiro atoms. The van der Waals surface area contributed by atoms with Crippen LogP contribution in [-0.2, 0) is 0 Å². The van der Waals surface area contributed by atoms with Crippen LogP contribution in [-0.4, -0.2) is 10.1 Å². The van der Waals surface area contributed by atoms with Gasteiger partial charge in [-0.15, -0.1) is 0 Å². The van der Waals surface area contributed by atoms with Crippen molar-refractivity contribution in [3.8, 4) is 5.75 Å². The van der Waals surface area contributed by atoms with Gasteiger partial charge in [-0.3, -0.25) is 0 Å². The van der Waals surface area contributed by atoms with Crippen LogP contribution < -0.4 is 5.32 Å². The van der Waals surface area contributed by atoms with E-state index in [-0.39, 0.29) is 6.04 Å². The van der Waals surface area contributed by atoms with Gasteiger partial charge in [0.05, 0.1) is 6.04 Å². The number of nitrogens with zero attached hydrogens (tertiary/aromatic N) is 1. The molecule has 2 rings (SSSR count). The third kappa shape index (κ3) is 2.93. The lowest BCUT2D eigenvalue weighted by atomic mass is 10.0. The first-order valence-corrected chi connectivity index (χ1v) is 6.24. The molecule has 0 amide bonds. The van der Waals surface area contributed by atoms with Crippen LogP contribution in [0.2, 0.25) is 5.15 Å². The number of aromatic nitrogens is 1. The van der Waals surface area contributed by atoms with Crippen LogP contribution in [0.1, 0.15) is 24.9 Å². The minimum absolute atomic E-state index is 0.0460. The molecule has 0 saturated carbocycles. The minimum Gasteiger partial charge on any atom is -0.508 e. The Bertz CT molecular complexity index is 531. The number of halogens is 1. The van der Waals surface area contributed by atoms with Gasteiger partial charge in [0.2, 0.25) is 0 Å². The van der Waals surface area contributed by atoms with Gasteiger partial charge in [-0.1, -0.05) is 36.7 Å². The van der Waals surface area contributed by atoms with E-state index in [9.17, 15) is 5.11 Å². The number of phenols is 1. The topological polar surface area (TPSA) is 45.2 Å². The summed E-state index contributed by atoms with van der Waals surface area (Å²) >= 11 is 5.85. The van der Waals surface area contributed by atoms with Crippen LogP contribution in [0.5, 0.6) is 5.75 Å². The van der Waals surface area contributed by atoms with Gasteiger partial charge in [0.15, 0.2) is 0 Å². The maximum absolute atomic E-state index is 9.87. The number of phenolic OH excluding ortho intramolecular Hbond substituents is 1. The summed E-state index contributed by atoms with van der Waals surface area (Å²) < 4.78 is 0. The number of hydrogen-bond donors (Lipinski definition) is 2. The van der Waals surface area contributed by atoms with Crippen LogP contribution in [0.4, 0.5) is 5.69 Å². The molecule has 18 heavy (non-hydrogen) atoms. The predicted molar refractivity (Wildman–Crippen MR) is 74.0 cm³/mol. The van der Waals surface area contributed by atoms with Crippen molar-refractivity contribution in [1.82, 2.24) is 4.98 Å². The molecule has 0 saturated heterocycles. The van der Waals surface area contributed by atoms with Crippen molar-refractivity contribution in [2.75, 3.05) is 5.32 Å². The summed E-state index contributed by atoms with van der Waals surface area (Å²) in [4.78, 5) is 3.94. The average molecular weight is 263 g/mol. The molecule has 0 fully saturated rings. The molecule has 1 atom stereocenters. The number of rotatable bonds is 4. The molecule has 2 N–H and O–H groups in total. The van der Waals surface area contributed by atoms with Crippen LogP contribution >= 0.6 is 11.6 Å². The third-order valence-electron chi connectivity index (χ3n) is 2.79. The van der Waals surface area contributed by atoms with Crippen molar-refractivity contribution < 1.29 is 5.11 Å². The van der Waals surface area contributed by atoms with Gasteiger partial charge in [0, 0.05) is 17.4 Å². The highest BCUT2D eigenvalue weighted by molar-refractivity contribution is 6.29. The molecule has 94 valence electrons. The van der Waals surface area contributed by atoms with E-state index in [4.69, 9.17) is 11.6 Å². The number of pyridine rings is 1. The van der Waals surface area contributed by atoms with E-state index in [0.717, 1.165) is 17.7 Å². The van der Waals surface area contributed by atoms with Crippen molar-refractivity contribution in [3.63, 3.8) is 0 Å². The largest absolute Gasteiger partial charge is 0.508 e. The SMILES string of the molecule is CCC(Nc1ccnc(Cl)c1)c1ccccc1O. The Labute approximate surface area is 111 Å². The van der Waals surface area contributed by atoms with Gasteiger partial charge in [0.1, 0.15) is 10.9 Å². The summed E-state index contributed by atoms with van der Waals surface area (Å²) in [6, 6.07) is 11.0.